The normalized spacial score (nSPS) is 12.1. The summed E-state index contributed by atoms with van der Waals surface area (Å²) in [5.74, 6) is -5.15. The minimum Gasteiger partial charge on any atom is -0.489 e. The molecule has 0 aromatic heterocycles. The molecule has 3 rings (SSSR count). The Morgan fingerprint density at radius 3 is 1.75 bits per heavy atom. The summed E-state index contributed by atoms with van der Waals surface area (Å²) in [5, 5.41) is 19.7. The number of ether oxygens (including phenoxy) is 3. The van der Waals surface area contributed by atoms with Crippen LogP contribution in [0, 0.1) is 0 Å². The van der Waals surface area contributed by atoms with Gasteiger partial charge in [0, 0.05) is 6.42 Å². The highest BCUT2D eigenvalue weighted by Gasteiger charge is 2.28. The van der Waals surface area contributed by atoms with E-state index in [2.05, 4.69) is 42.5 Å². The van der Waals surface area contributed by atoms with Gasteiger partial charge in [-0.15, -0.1) is 0 Å². The van der Waals surface area contributed by atoms with Crippen LogP contribution in [0.15, 0.2) is 78.9 Å². The van der Waals surface area contributed by atoms with Crippen LogP contribution in [-0.2, 0) is 56.1 Å². The second-order valence-corrected chi connectivity index (χ2v) is 15.1. The topological polar surface area (TPSA) is 278 Å². The van der Waals surface area contributed by atoms with E-state index in [1.54, 1.807) is 88.4 Å². The maximum atomic E-state index is 14.0. The number of rotatable bonds is 22. The van der Waals surface area contributed by atoms with Gasteiger partial charge in [0.25, 0.3) is 5.91 Å². The molecule has 0 aliphatic heterocycles. The van der Waals surface area contributed by atoms with Gasteiger partial charge in [-0.3, -0.25) is 38.4 Å². The highest BCUT2D eigenvalue weighted by atomic mass is 16.6. The largest absolute Gasteiger partial charge is 0.489 e. The van der Waals surface area contributed by atoms with Gasteiger partial charge >= 0.3 is 12.1 Å². The molecule has 3 aromatic carbocycles. The van der Waals surface area contributed by atoms with E-state index < -0.39 is 96.8 Å². The summed E-state index contributed by atoms with van der Waals surface area (Å²) in [6.07, 6.45) is -0.818. The first kappa shape index (κ1) is 50.8. The predicted molar refractivity (Wildman–Crippen MR) is 232 cm³/mol. The van der Waals surface area contributed by atoms with Crippen molar-refractivity contribution >= 4 is 59.1 Å². The van der Waals surface area contributed by atoms with Gasteiger partial charge in [-0.25, -0.2) is 4.79 Å². The quantitative estimate of drug-likeness (QED) is 0.0657. The zero-order valence-corrected chi connectivity index (χ0v) is 36.6. The number of hydrogen-bond acceptors (Lipinski definition) is 12. The highest BCUT2D eigenvalue weighted by molar-refractivity contribution is 6.06. The van der Waals surface area contributed by atoms with E-state index in [4.69, 9.17) is 14.2 Å². The van der Waals surface area contributed by atoms with E-state index >= 15 is 0 Å². The molecule has 0 aliphatic rings. The van der Waals surface area contributed by atoms with Gasteiger partial charge in [0.2, 0.25) is 35.4 Å². The SMILES string of the molecule is CCOC(=O)CNC(=O)CNC(=O)CNC(=O)CNC(=O)c1cc(COc2ccccc2)ccc1NC(=O)[C@H](Cc1ccccc1)NC(=O)[C@H](C)NC(=O)[C@H](C)NC(=O)OC(C)(C)C. The summed E-state index contributed by atoms with van der Waals surface area (Å²) in [6, 6.07) is 18.8. The van der Waals surface area contributed by atoms with Crippen molar-refractivity contribution in [2.24, 2.45) is 0 Å². The molecule has 3 atom stereocenters. The zero-order valence-electron chi connectivity index (χ0n) is 36.6. The summed E-state index contributed by atoms with van der Waals surface area (Å²) in [5.41, 5.74) is 0.343. The maximum Gasteiger partial charge on any atom is 0.408 e. The number of hydrogen-bond donors (Lipinski definition) is 8. The molecule has 0 aliphatic carbocycles. The summed E-state index contributed by atoms with van der Waals surface area (Å²) in [4.78, 5) is 114. The molecule has 20 heteroatoms. The molecule has 8 N–H and O–H groups in total. The smallest absolute Gasteiger partial charge is 0.408 e. The second-order valence-electron chi connectivity index (χ2n) is 15.1. The zero-order chi connectivity index (χ0) is 47.2. The van der Waals surface area contributed by atoms with Gasteiger partial charge in [0.15, 0.2) is 0 Å². The van der Waals surface area contributed by atoms with Gasteiger partial charge in [0.05, 0.1) is 37.5 Å². The average Bonchev–Trinajstić information content (AvgIpc) is 3.25. The van der Waals surface area contributed by atoms with Crippen LogP contribution in [0.5, 0.6) is 5.75 Å². The maximum absolute atomic E-state index is 14.0. The van der Waals surface area contributed by atoms with Crippen molar-refractivity contribution in [1.29, 1.82) is 0 Å². The van der Waals surface area contributed by atoms with Gasteiger partial charge < -0.3 is 56.7 Å². The van der Waals surface area contributed by atoms with E-state index in [1.807, 2.05) is 6.07 Å². The number of carbonyl (C=O) groups excluding carboxylic acids is 9. The molecular weight excluding hydrogens is 833 g/mol. The molecule has 20 nitrogen and oxygen atoms in total. The van der Waals surface area contributed by atoms with Crippen LogP contribution in [0.3, 0.4) is 0 Å². The van der Waals surface area contributed by atoms with Gasteiger partial charge in [-0.1, -0.05) is 54.6 Å². The van der Waals surface area contributed by atoms with E-state index in [0.717, 1.165) is 0 Å². The monoisotopic (exact) mass is 888 g/mol. The van der Waals surface area contributed by atoms with Crippen LogP contribution in [0.4, 0.5) is 10.5 Å². The molecule has 8 amide bonds. The molecule has 0 spiro atoms. The highest BCUT2D eigenvalue weighted by Crippen LogP contribution is 2.21. The van der Waals surface area contributed by atoms with E-state index in [9.17, 15) is 43.2 Å². The van der Waals surface area contributed by atoms with Crippen LogP contribution < -0.4 is 47.3 Å². The fourth-order valence-electron chi connectivity index (χ4n) is 5.37. The van der Waals surface area contributed by atoms with Crippen LogP contribution in [0.1, 0.15) is 63.0 Å². The van der Waals surface area contributed by atoms with Crippen LogP contribution in [-0.4, -0.2) is 110 Å². The molecule has 0 bridgehead atoms. The Balaban J connectivity index is 1.73. The minimum absolute atomic E-state index is 0.00618. The average molecular weight is 889 g/mol. The summed E-state index contributed by atoms with van der Waals surface area (Å²) in [7, 11) is 0. The fourth-order valence-corrected chi connectivity index (χ4v) is 5.37. The standard InChI is InChI=1S/C44H56N8O12/c1-7-62-38(56)25-47-36(54)23-45-35(53)22-46-37(55)24-48-41(59)32-20-30(26-63-31-16-12-9-13-17-31)18-19-33(32)51-42(60)34(21-29-14-10-8-11-15-29)52-40(58)27(2)49-39(57)28(3)50-43(61)64-44(4,5)6/h8-20,27-28,34H,7,21-26H2,1-6H3,(H,45,53)(H,46,55)(H,47,54)(H,48,59)(H,49,57)(H,50,61)(H,51,60)(H,52,58)/t27-,28-,34-/m0/s1. The van der Waals surface area contributed by atoms with Crippen LogP contribution in [0.25, 0.3) is 0 Å². The Bertz CT molecular complexity index is 2110. The van der Waals surface area contributed by atoms with E-state index in [0.29, 0.717) is 16.9 Å². The number of para-hydroxylation sites is 1. The third-order valence-corrected chi connectivity index (χ3v) is 8.57. The van der Waals surface area contributed by atoms with E-state index in [1.165, 1.54) is 26.0 Å². The Morgan fingerprint density at radius 2 is 1.16 bits per heavy atom. The summed E-state index contributed by atoms with van der Waals surface area (Å²) in [6.45, 7) is 7.62. The van der Waals surface area contributed by atoms with Gasteiger partial charge in [-0.2, -0.15) is 0 Å². The first-order valence-electron chi connectivity index (χ1n) is 20.3. The third kappa shape index (κ3) is 19.0. The van der Waals surface area contributed by atoms with Crippen molar-refractivity contribution in [2.75, 3.05) is 38.1 Å². The number of amides is 8. The minimum atomic E-state index is -1.23. The molecule has 0 unspecified atom stereocenters. The second kappa shape index (κ2) is 25.4. The Morgan fingerprint density at radius 1 is 0.609 bits per heavy atom. The van der Waals surface area contributed by atoms with Crippen molar-refractivity contribution in [3.8, 4) is 5.75 Å². The Hall–Kier alpha value is -7.51. The number of alkyl carbamates (subject to hydrolysis) is 1. The molecule has 3 aromatic rings. The first-order chi connectivity index (χ1) is 30.3. The lowest BCUT2D eigenvalue weighted by Gasteiger charge is -2.24. The van der Waals surface area contributed by atoms with Gasteiger partial charge in [-0.05, 0) is 76.9 Å². The molecular formula is C44H56N8O12. The number of anilines is 1. The van der Waals surface area contributed by atoms with Crippen molar-refractivity contribution in [3.05, 3.63) is 95.6 Å². The third-order valence-electron chi connectivity index (χ3n) is 8.57. The fraction of sp³-hybridized carbons (Fsp3) is 0.386. The lowest BCUT2D eigenvalue weighted by molar-refractivity contribution is -0.143. The number of esters is 1. The summed E-state index contributed by atoms with van der Waals surface area (Å²) >= 11 is 0. The molecule has 64 heavy (non-hydrogen) atoms. The van der Waals surface area contributed by atoms with Crippen LogP contribution >= 0.6 is 0 Å². The first-order valence-corrected chi connectivity index (χ1v) is 20.3. The Kier molecular flexibility index (Phi) is 20.2. The lowest BCUT2D eigenvalue weighted by atomic mass is 10.0. The molecule has 0 radical (unpaired) electrons. The molecule has 0 saturated carbocycles. The lowest BCUT2D eigenvalue weighted by Crippen LogP contribution is -2.55. The number of nitrogens with one attached hydrogen (secondary N) is 8. The van der Waals surface area contributed by atoms with Crippen molar-refractivity contribution < 1.29 is 57.4 Å². The Labute approximate surface area is 370 Å². The van der Waals surface area contributed by atoms with Crippen molar-refractivity contribution in [1.82, 2.24) is 37.2 Å². The van der Waals surface area contributed by atoms with Crippen molar-refractivity contribution in [3.63, 3.8) is 0 Å². The predicted octanol–water partition coefficient (Wildman–Crippen LogP) is 0.991. The molecule has 344 valence electrons. The molecule has 0 heterocycles. The molecule has 0 saturated heterocycles. The van der Waals surface area contributed by atoms with Crippen LogP contribution in [0.2, 0.25) is 0 Å². The number of carbonyl (C=O) groups is 9. The summed E-state index contributed by atoms with van der Waals surface area (Å²) < 4.78 is 15.7. The van der Waals surface area contributed by atoms with E-state index in [-0.39, 0.29) is 37.4 Å². The van der Waals surface area contributed by atoms with Crippen molar-refractivity contribution in [2.45, 2.75) is 78.3 Å². The number of benzene rings is 3. The van der Waals surface area contributed by atoms with Gasteiger partial charge in [0.1, 0.15) is 42.6 Å². The molecule has 0 fully saturated rings.